The van der Waals surface area contributed by atoms with E-state index < -0.39 is 0 Å². The minimum atomic E-state index is 0.621. The summed E-state index contributed by atoms with van der Waals surface area (Å²) < 4.78 is 1.64. The fraction of sp³-hybridized carbons (Fsp3) is 0.125. The van der Waals surface area contributed by atoms with Gasteiger partial charge in [0, 0.05) is 0 Å². The van der Waals surface area contributed by atoms with Crippen molar-refractivity contribution >= 4 is 5.69 Å². The van der Waals surface area contributed by atoms with Gasteiger partial charge in [0.05, 0.1) is 35.7 Å². The molecule has 0 aromatic carbocycles. The van der Waals surface area contributed by atoms with E-state index in [-0.39, 0.29) is 0 Å². The highest BCUT2D eigenvalue weighted by molar-refractivity contribution is 5.47. The first-order chi connectivity index (χ1) is 6.27. The predicted octanol–water partition coefficient (Wildman–Crippen LogP) is 0.553. The van der Waals surface area contributed by atoms with Crippen LogP contribution in [-0.2, 0) is 0 Å². The van der Waals surface area contributed by atoms with Crippen LogP contribution in [0.2, 0.25) is 0 Å². The van der Waals surface area contributed by atoms with E-state index in [0.717, 1.165) is 11.4 Å². The maximum atomic E-state index is 5.61. The topological polar surface area (TPSA) is 69.6 Å². The normalized spacial score (nSPS) is 10.2. The Balaban J connectivity index is 2.57. The summed E-state index contributed by atoms with van der Waals surface area (Å²) in [5.41, 5.74) is 7.96. The molecule has 66 valence electrons. The molecule has 0 unspecified atom stereocenters. The van der Waals surface area contributed by atoms with E-state index in [0.29, 0.717) is 5.69 Å². The number of nitrogens with two attached hydrogens (primary N) is 1. The molecule has 2 heterocycles. The Morgan fingerprint density at radius 1 is 1.46 bits per heavy atom. The maximum Gasteiger partial charge on any atom is 0.0896 e. The SMILES string of the molecule is Cc1ncc(N)cc1-n1ccnn1. The van der Waals surface area contributed by atoms with E-state index in [4.69, 9.17) is 5.73 Å². The van der Waals surface area contributed by atoms with Crippen LogP contribution in [0.1, 0.15) is 5.69 Å². The third-order valence-corrected chi connectivity index (χ3v) is 1.75. The fourth-order valence-electron chi connectivity index (χ4n) is 1.11. The molecule has 0 saturated heterocycles. The smallest absolute Gasteiger partial charge is 0.0896 e. The summed E-state index contributed by atoms with van der Waals surface area (Å²) >= 11 is 0. The third kappa shape index (κ3) is 1.35. The number of anilines is 1. The number of nitrogens with zero attached hydrogens (tertiary/aromatic N) is 4. The molecule has 2 aromatic rings. The molecule has 0 radical (unpaired) electrons. The van der Waals surface area contributed by atoms with E-state index in [9.17, 15) is 0 Å². The molecule has 0 aliphatic heterocycles. The quantitative estimate of drug-likeness (QED) is 0.687. The van der Waals surface area contributed by atoms with E-state index in [2.05, 4.69) is 15.3 Å². The van der Waals surface area contributed by atoms with Crippen LogP contribution in [0.4, 0.5) is 5.69 Å². The van der Waals surface area contributed by atoms with Crippen molar-refractivity contribution in [1.82, 2.24) is 20.0 Å². The molecule has 0 atom stereocenters. The molecule has 0 saturated carbocycles. The summed E-state index contributed by atoms with van der Waals surface area (Å²) in [6.45, 7) is 1.90. The lowest BCUT2D eigenvalue weighted by Crippen LogP contribution is -2.01. The number of rotatable bonds is 1. The molecule has 0 spiro atoms. The lowest BCUT2D eigenvalue weighted by Gasteiger charge is -2.04. The zero-order valence-corrected chi connectivity index (χ0v) is 7.18. The van der Waals surface area contributed by atoms with Gasteiger partial charge in [0.15, 0.2) is 0 Å². The highest BCUT2D eigenvalue weighted by atomic mass is 15.4. The Hall–Kier alpha value is -1.91. The molecule has 0 fully saturated rings. The van der Waals surface area contributed by atoms with Crippen LogP contribution in [-0.4, -0.2) is 20.0 Å². The number of hydrogen-bond donors (Lipinski definition) is 1. The van der Waals surface area contributed by atoms with Crippen LogP contribution in [0.5, 0.6) is 0 Å². The Bertz CT molecular complexity index is 406. The van der Waals surface area contributed by atoms with Gasteiger partial charge in [-0.2, -0.15) is 0 Å². The largest absolute Gasteiger partial charge is 0.397 e. The van der Waals surface area contributed by atoms with Gasteiger partial charge in [-0.1, -0.05) is 5.21 Å². The Kier molecular flexibility index (Phi) is 1.70. The zero-order chi connectivity index (χ0) is 9.26. The van der Waals surface area contributed by atoms with Crippen LogP contribution in [0.3, 0.4) is 0 Å². The highest BCUT2D eigenvalue weighted by Crippen LogP contribution is 2.12. The van der Waals surface area contributed by atoms with Crippen molar-refractivity contribution in [2.45, 2.75) is 6.92 Å². The lowest BCUT2D eigenvalue weighted by molar-refractivity contribution is 0.793. The molecule has 2 N–H and O–H groups in total. The lowest BCUT2D eigenvalue weighted by atomic mass is 10.3. The number of aryl methyl sites for hydroxylation is 1. The molecule has 0 aliphatic rings. The van der Waals surface area contributed by atoms with Crippen LogP contribution in [0, 0.1) is 6.92 Å². The number of hydrogen-bond acceptors (Lipinski definition) is 4. The van der Waals surface area contributed by atoms with Gasteiger partial charge in [0.2, 0.25) is 0 Å². The van der Waals surface area contributed by atoms with Crippen molar-refractivity contribution in [1.29, 1.82) is 0 Å². The van der Waals surface area contributed by atoms with Crippen LogP contribution >= 0.6 is 0 Å². The van der Waals surface area contributed by atoms with Gasteiger partial charge < -0.3 is 5.73 Å². The van der Waals surface area contributed by atoms with Gasteiger partial charge >= 0.3 is 0 Å². The monoisotopic (exact) mass is 175 g/mol. The Labute approximate surface area is 75.2 Å². The standard InChI is InChI=1S/C8H9N5/c1-6-8(4-7(9)5-10-6)13-3-2-11-12-13/h2-5H,9H2,1H3. The predicted molar refractivity (Wildman–Crippen MR) is 48.3 cm³/mol. The molecule has 0 amide bonds. The van der Waals surface area contributed by atoms with Crippen molar-refractivity contribution in [3.63, 3.8) is 0 Å². The molecule has 0 bridgehead atoms. The average Bonchev–Trinajstić information content (AvgIpc) is 2.61. The minimum absolute atomic E-state index is 0.621. The highest BCUT2D eigenvalue weighted by Gasteiger charge is 2.02. The summed E-state index contributed by atoms with van der Waals surface area (Å²) in [4.78, 5) is 4.12. The second-order valence-electron chi connectivity index (χ2n) is 2.72. The molecular weight excluding hydrogens is 166 g/mol. The number of nitrogen functional groups attached to an aromatic ring is 1. The van der Waals surface area contributed by atoms with Gasteiger partial charge in [0.1, 0.15) is 0 Å². The van der Waals surface area contributed by atoms with Gasteiger partial charge in [-0.05, 0) is 13.0 Å². The summed E-state index contributed by atoms with van der Waals surface area (Å²) in [6.07, 6.45) is 4.99. The van der Waals surface area contributed by atoms with Crippen molar-refractivity contribution in [3.8, 4) is 5.69 Å². The van der Waals surface area contributed by atoms with Gasteiger partial charge in [-0.25, -0.2) is 4.68 Å². The Morgan fingerprint density at radius 3 is 3.00 bits per heavy atom. The number of aromatic nitrogens is 4. The molecule has 0 aliphatic carbocycles. The fourth-order valence-corrected chi connectivity index (χ4v) is 1.11. The van der Waals surface area contributed by atoms with E-state index in [1.807, 2.05) is 13.0 Å². The van der Waals surface area contributed by atoms with E-state index in [1.54, 1.807) is 23.3 Å². The zero-order valence-electron chi connectivity index (χ0n) is 7.18. The van der Waals surface area contributed by atoms with Gasteiger partial charge in [-0.3, -0.25) is 4.98 Å². The summed E-state index contributed by atoms with van der Waals surface area (Å²) in [5, 5.41) is 7.57. The third-order valence-electron chi connectivity index (χ3n) is 1.75. The van der Waals surface area contributed by atoms with Crippen molar-refractivity contribution in [3.05, 3.63) is 30.4 Å². The summed E-state index contributed by atoms with van der Waals surface area (Å²) in [6, 6.07) is 1.82. The van der Waals surface area contributed by atoms with E-state index >= 15 is 0 Å². The first-order valence-electron chi connectivity index (χ1n) is 3.86. The van der Waals surface area contributed by atoms with Gasteiger partial charge in [-0.15, -0.1) is 5.10 Å². The van der Waals surface area contributed by atoms with Crippen LogP contribution in [0.15, 0.2) is 24.7 Å². The molecule has 2 aromatic heterocycles. The summed E-state index contributed by atoms with van der Waals surface area (Å²) in [7, 11) is 0. The van der Waals surface area contributed by atoms with Crippen LogP contribution < -0.4 is 5.73 Å². The Morgan fingerprint density at radius 2 is 2.31 bits per heavy atom. The van der Waals surface area contributed by atoms with Crippen molar-refractivity contribution in [2.24, 2.45) is 0 Å². The maximum absolute atomic E-state index is 5.61. The first-order valence-corrected chi connectivity index (χ1v) is 3.86. The molecule has 5 nitrogen and oxygen atoms in total. The molecule has 2 rings (SSSR count). The van der Waals surface area contributed by atoms with Crippen molar-refractivity contribution in [2.75, 3.05) is 5.73 Å². The number of pyridine rings is 1. The summed E-state index contributed by atoms with van der Waals surface area (Å²) in [5.74, 6) is 0. The second kappa shape index (κ2) is 2.85. The first kappa shape index (κ1) is 7.72. The average molecular weight is 175 g/mol. The van der Waals surface area contributed by atoms with Gasteiger partial charge in [0.25, 0.3) is 0 Å². The van der Waals surface area contributed by atoms with Crippen LogP contribution in [0.25, 0.3) is 5.69 Å². The van der Waals surface area contributed by atoms with E-state index in [1.165, 1.54) is 0 Å². The minimum Gasteiger partial charge on any atom is -0.397 e. The molecular formula is C8H9N5. The molecule has 13 heavy (non-hydrogen) atoms. The molecule has 5 heteroatoms. The second-order valence-corrected chi connectivity index (χ2v) is 2.72. The van der Waals surface area contributed by atoms with Crippen molar-refractivity contribution < 1.29 is 0 Å².